The molecule has 1 fully saturated rings. The fourth-order valence-electron chi connectivity index (χ4n) is 2.72. The Kier molecular flexibility index (Phi) is 5.65. The number of amides is 1. The third-order valence-electron chi connectivity index (χ3n) is 3.91. The minimum Gasteiger partial charge on any atom is -0.478 e. The molecule has 0 bridgehead atoms. The van der Waals surface area contributed by atoms with Gasteiger partial charge in [-0.1, -0.05) is 36.4 Å². The molecule has 1 heterocycles. The predicted octanol–water partition coefficient (Wildman–Crippen LogP) is 3.80. The Hall–Kier alpha value is -2.30. The van der Waals surface area contributed by atoms with Gasteiger partial charge in [0.2, 0.25) is 0 Å². The van der Waals surface area contributed by atoms with E-state index in [1.54, 1.807) is 17.0 Å². The summed E-state index contributed by atoms with van der Waals surface area (Å²) in [6, 6.07) is 9.13. The maximum absolute atomic E-state index is 12.1. The number of likely N-dealkylation sites (tertiary alicyclic amines) is 1. The third-order valence-corrected chi connectivity index (χ3v) is 3.91. The summed E-state index contributed by atoms with van der Waals surface area (Å²) in [6.45, 7) is 6.70. The Bertz CT molecular complexity index is 608. The molecule has 0 aliphatic carbocycles. The lowest BCUT2D eigenvalue weighted by molar-refractivity contribution is -0.130. The molecule has 0 unspecified atom stereocenters. The van der Waals surface area contributed by atoms with E-state index in [9.17, 15) is 14.7 Å². The van der Waals surface area contributed by atoms with E-state index in [1.807, 2.05) is 45.0 Å². The van der Waals surface area contributed by atoms with Gasteiger partial charge >= 0.3 is 12.1 Å². The number of carbonyl (C=O) groups is 2. The zero-order valence-electron chi connectivity index (χ0n) is 14.5. The number of hydrogen-bond donors (Lipinski definition) is 1. The van der Waals surface area contributed by atoms with Gasteiger partial charge in [-0.05, 0) is 45.1 Å². The van der Waals surface area contributed by atoms with Crippen molar-refractivity contribution in [1.82, 2.24) is 4.90 Å². The van der Waals surface area contributed by atoms with Crippen molar-refractivity contribution in [3.63, 3.8) is 0 Å². The number of carbonyl (C=O) groups excluding carboxylic acids is 1. The van der Waals surface area contributed by atoms with Gasteiger partial charge in [-0.25, -0.2) is 9.59 Å². The summed E-state index contributed by atoms with van der Waals surface area (Å²) in [5.74, 6) is -0.772. The third kappa shape index (κ3) is 5.11. The minimum atomic E-state index is -0.921. The highest BCUT2D eigenvalue weighted by Crippen LogP contribution is 2.25. The van der Waals surface area contributed by atoms with Crippen molar-refractivity contribution in [3.05, 3.63) is 42.0 Å². The van der Waals surface area contributed by atoms with Crippen LogP contribution in [0.2, 0.25) is 0 Å². The van der Waals surface area contributed by atoms with E-state index in [0.717, 1.165) is 12.8 Å². The number of aliphatic carboxylic acids is 1. The molecule has 24 heavy (non-hydrogen) atoms. The molecule has 1 saturated heterocycles. The molecule has 1 amide bonds. The number of rotatable bonds is 3. The number of carboxylic acids is 1. The predicted molar refractivity (Wildman–Crippen MR) is 92.6 cm³/mol. The molecule has 0 aromatic heterocycles. The second-order valence-corrected chi connectivity index (χ2v) is 7.06. The lowest BCUT2D eigenvalue weighted by Gasteiger charge is -2.32. The van der Waals surface area contributed by atoms with Crippen molar-refractivity contribution in [1.29, 1.82) is 0 Å². The molecule has 1 aromatic rings. The first-order valence-corrected chi connectivity index (χ1v) is 8.25. The van der Waals surface area contributed by atoms with E-state index in [0.29, 0.717) is 24.2 Å². The van der Waals surface area contributed by atoms with Crippen LogP contribution in [0.5, 0.6) is 0 Å². The molecule has 2 rings (SSSR count). The molecule has 0 saturated carbocycles. The van der Waals surface area contributed by atoms with Gasteiger partial charge in [-0.15, -0.1) is 0 Å². The summed E-state index contributed by atoms with van der Waals surface area (Å²) in [5.41, 5.74) is 0.531. The first kappa shape index (κ1) is 18.0. The van der Waals surface area contributed by atoms with Gasteiger partial charge in [-0.3, -0.25) is 0 Å². The van der Waals surface area contributed by atoms with Crippen LogP contribution in [-0.4, -0.2) is 40.8 Å². The number of ether oxygens (including phenoxy) is 1. The van der Waals surface area contributed by atoms with Crippen LogP contribution in [0.15, 0.2) is 36.4 Å². The maximum Gasteiger partial charge on any atom is 0.410 e. The number of hydrogen-bond acceptors (Lipinski definition) is 3. The van der Waals surface area contributed by atoms with Crippen molar-refractivity contribution in [2.45, 2.75) is 39.2 Å². The number of benzene rings is 1. The fraction of sp³-hybridized carbons (Fsp3) is 0.474. The molecule has 1 N–H and O–H groups in total. The minimum absolute atomic E-state index is 0.148. The zero-order valence-corrected chi connectivity index (χ0v) is 14.5. The monoisotopic (exact) mass is 331 g/mol. The smallest absolute Gasteiger partial charge is 0.410 e. The summed E-state index contributed by atoms with van der Waals surface area (Å²) in [5, 5.41) is 9.47. The Morgan fingerprint density at radius 1 is 1.17 bits per heavy atom. The molecular formula is C19H25NO4. The molecule has 0 radical (unpaired) electrons. The molecule has 130 valence electrons. The van der Waals surface area contributed by atoms with E-state index in [-0.39, 0.29) is 12.0 Å². The maximum atomic E-state index is 12.1. The van der Waals surface area contributed by atoms with Crippen molar-refractivity contribution >= 4 is 17.6 Å². The largest absolute Gasteiger partial charge is 0.478 e. The lowest BCUT2D eigenvalue weighted by atomic mass is 9.92. The Labute approximate surface area is 142 Å². The van der Waals surface area contributed by atoms with Crippen LogP contribution in [0, 0.1) is 5.92 Å². The highest BCUT2D eigenvalue weighted by Gasteiger charge is 2.26. The normalized spacial score (nSPS) is 16.8. The second-order valence-electron chi connectivity index (χ2n) is 7.06. The number of carboxylic acid groups (broad SMARTS) is 1. The Morgan fingerprint density at radius 2 is 1.75 bits per heavy atom. The first-order chi connectivity index (χ1) is 11.3. The van der Waals surface area contributed by atoms with Gasteiger partial charge in [0.25, 0.3) is 0 Å². The molecule has 5 heteroatoms. The Morgan fingerprint density at radius 3 is 2.25 bits per heavy atom. The van der Waals surface area contributed by atoms with Crippen LogP contribution in [0.4, 0.5) is 4.79 Å². The van der Waals surface area contributed by atoms with Crippen LogP contribution in [0.25, 0.3) is 5.57 Å². The molecule has 1 aliphatic rings. The summed E-state index contributed by atoms with van der Waals surface area (Å²) in [6.07, 6.45) is 3.00. The summed E-state index contributed by atoms with van der Waals surface area (Å²) < 4.78 is 5.38. The fourth-order valence-corrected chi connectivity index (χ4v) is 2.72. The Balaban J connectivity index is 2.01. The van der Waals surface area contributed by atoms with E-state index in [1.165, 1.54) is 0 Å². The van der Waals surface area contributed by atoms with Crippen LogP contribution in [0.3, 0.4) is 0 Å². The van der Waals surface area contributed by atoms with E-state index >= 15 is 0 Å². The lowest BCUT2D eigenvalue weighted by Crippen LogP contribution is -2.41. The summed E-state index contributed by atoms with van der Waals surface area (Å²) >= 11 is 0. The van der Waals surface area contributed by atoms with Crippen LogP contribution in [0.1, 0.15) is 39.2 Å². The second kappa shape index (κ2) is 7.51. The van der Waals surface area contributed by atoms with E-state index in [2.05, 4.69) is 0 Å². The van der Waals surface area contributed by atoms with Crippen molar-refractivity contribution in [3.8, 4) is 0 Å². The molecular weight excluding hydrogens is 306 g/mol. The van der Waals surface area contributed by atoms with Crippen molar-refractivity contribution in [2.75, 3.05) is 13.1 Å². The van der Waals surface area contributed by atoms with Gasteiger partial charge in [0.1, 0.15) is 5.60 Å². The van der Waals surface area contributed by atoms with Gasteiger partial charge in [0.15, 0.2) is 0 Å². The highest BCUT2D eigenvalue weighted by molar-refractivity contribution is 6.15. The van der Waals surface area contributed by atoms with Crippen molar-refractivity contribution < 1.29 is 19.4 Å². The van der Waals surface area contributed by atoms with Gasteiger partial charge in [-0.2, -0.15) is 0 Å². The average Bonchev–Trinajstić information content (AvgIpc) is 2.52. The van der Waals surface area contributed by atoms with Crippen LogP contribution >= 0.6 is 0 Å². The molecule has 0 atom stereocenters. The quantitative estimate of drug-likeness (QED) is 0.856. The van der Waals surface area contributed by atoms with Gasteiger partial charge in [0, 0.05) is 13.1 Å². The van der Waals surface area contributed by atoms with E-state index in [4.69, 9.17) is 4.74 Å². The van der Waals surface area contributed by atoms with Crippen molar-refractivity contribution in [2.24, 2.45) is 5.92 Å². The van der Waals surface area contributed by atoms with Gasteiger partial charge < -0.3 is 14.7 Å². The number of piperidine rings is 1. The van der Waals surface area contributed by atoms with Crippen LogP contribution in [-0.2, 0) is 9.53 Å². The molecule has 1 aromatic carbocycles. The zero-order chi connectivity index (χ0) is 17.7. The first-order valence-electron chi connectivity index (χ1n) is 8.25. The average molecular weight is 331 g/mol. The highest BCUT2D eigenvalue weighted by atomic mass is 16.6. The van der Waals surface area contributed by atoms with Gasteiger partial charge in [0.05, 0.1) is 5.57 Å². The standard InChI is InChI=1S/C19H25NO4/c1-19(2,3)24-18(23)20-11-9-14(10-12-20)13-16(17(21)22)15-7-5-4-6-8-15/h4-8,13-14H,9-12H2,1-3H3,(H,21,22)/b16-13-. The van der Waals surface area contributed by atoms with Crippen LogP contribution < -0.4 is 0 Å². The number of nitrogens with zero attached hydrogens (tertiary/aromatic N) is 1. The topological polar surface area (TPSA) is 66.8 Å². The summed E-state index contributed by atoms with van der Waals surface area (Å²) in [7, 11) is 0. The number of allylic oxidation sites excluding steroid dienone is 1. The molecule has 0 spiro atoms. The summed E-state index contributed by atoms with van der Waals surface area (Å²) in [4.78, 5) is 25.3. The molecule has 1 aliphatic heterocycles. The van der Waals surface area contributed by atoms with E-state index < -0.39 is 11.6 Å². The SMILES string of the molecule is CC(C)(C)OC(=O)N1CCC(/C=C(\C(=O)O)c2ccccc2)CC1. The molecule has 5 nitrogen and oxygen atoms in total.